The van der Waals surface area contributed by atoms with Gasteiger partial charge in [0.1, 0.15) is 0 Å². The highest BCUT2D eigenvalue weighted by atomic mass is 35.5. The molecule has 0 aromatic heterocycles. The predicted octanol–water partition coefficient (Wildman–Crippen LogP) is 2.11. The number of sulfonamides is 1. The summed E-state index contributed by atoms with van der Waals surface area (Å²) in [6.07, 6.45) is 1.62. The van der Waals surface area contributed by atoms with Crippen LogP contribution in [0.1, 0.15) is 12.8 Å². The van der Waals surface area contributed by atoms with Gasteiger partial charge in [-0.3, -0.25) is 0 Å². The van der Waals surface area contributed by atoms with Crippen LogP contribution in [0.2, 0.25) is 10.0 Å². The van der Waals surface area contributed by atoms with E-state index in [-0.39, 0.29) is 10.9 Å². The molecule has 18 heavy (non-hydrogen) atoms. The van der Waals surface area contributed by atoms with E-state index < -0.39 is 10.0 Å². The first-order valence-electron chi connectivity index (χ1n) is 5.61. The Bertz CT molecular complexity index is 528. The molecule has 0 saturated carbocycles. The summed E-state index contributed by atoms with van der Waals surface area (Å²) in [5.41, 5.74) is 5.80. The van der Waals surface area contributed by atoms with Crippen molar-refractivity contribution in [2.24, 2.45) is 5.73 Å². The lowest BCUT2D eigenvalue weighted by atomic mass is 10.1. The zero-order chi connectivity index (χ0) is 13.3. The predicted molar refractivity (Wildman–Crippen MR) is 72.4 cm³/mol. The van der Waals surface area contributed by atoms with Gasteiger partial charge in [0.15, 0.2) is 0 Å². The second-order valence-electron chi connectivity index (χ2n) is 4.37. The average Bonchev–Trinajstić information content (AvgIpc) is 2.27. The number of nitrogens with zero attached hydrogens (tertiary/aromatic N) is 1. The van der Waals surface area contributed by atoms with Gasteiger partial charge in [0.05, 0.1) is 4.90 Å². The van der Waals surface area contributed by atoms with Crippen molar-refractivity contribution in [3.63, 3.8) is 0 Å². The van der Waals surface area contributed by atoms with Crippen molar-refractivity contribution < 1.29 is 8.42 Å². The number of benzene rings is 1. The van der Waals surface area contributed by atoms with Gasteiger partial charge in [0.25, 0.3) is 0 Å². The molecule has 1 aromatic carbocycles. The largest absolute Gasteiger partial charge is 0.327 e. The lowest BCUT2D eigenvalue weighted by molar-refractivity contribution is 0.316. The number of piperidine rings is 1. The zero-order valence-corrected chi connectivity index (χ0v) is 12.0. The molecule has 2 rings (SSSR count). The van der Waals surface area contributed by atoms with E-state index in [0.29, 0.717) is 23.1 Å². The average molecular weight is 309 g/mol. The Balaban J connectivity index is 2.35. The Kier molecular flexibility index (Phi) is 4.18. The Morgan fingerprint density at radius 3 is 2.39 bits per heavy atom. The summed E-state index contributed by atoms with van der Waals surface area (Å²) in [4.78, 5) is 0.120. The summed E-state index contributed by atoms with van der Waals surface area (Å²) < 4.78 is 26.2. The smallest absolute Gasteiger partial charge is 0.243 e. The third kappa shape index (κ3) is 2.97. The van der Waals surface area contributed by atoms with Crippen LogP contribution in [-0.4, -0.2) is 31.9 Å². The first kappa shape index (κ1) is 14.1. The molecule has 0 bridgehead atoms. The Morgan fingerprint density at radius 1 is 1.22 bits per heavy atom. The van der Waals surface area contributed by atoms with E-state index in [9.17, 15) is 8.42 Å². The van der Waals surface area contributed by atoms with Crippen LogP contribution in [-0.2, 0) is 10.0 Å². The highest BCUT2D eigenvalue weighted by molar-refractivity contribution is 7.89. The second-order valence-corrected chi connectivity index (χ2v) is 7.18. The van der Waals surface area contributed by atoms with Crippen LogP contribution in [0.25, 0.3) is 0 Å². The van der Waals surface area contributed by atoms with Crippen molar-refractivity contribution in [3.8, 4) is 0 Å². The molecule has 1 aliphatic heterocycles. The van der Waals surface area contributed by atoms with E-state index in [1.54, 1.807) is 0 Å². The monoisotopic (exact) mass is 308 g/mol. The molecule has 0 radical (unpaired) electrons. The lowest BCUT2D eigenvalue weighted by Crippen LogP contribution is -2.45. The third-order valence-electron chi connectivity index (χ3n) is 2.89. The number of hydrogen-bond donors (Lipinski definition) is 1. The minimum absolute atomic E-state index is 0.108. The van der Waals surface area contributed by atoms with Crippen molar-refractivity contribution >= 4 is 33.2 Å². The summed E-state index contributed by atoms with van der Waals surface area (Å²) in [6, 6.07) is 4.21. The van der Waals surface area contributed by atoms with Gasteiger partial charge in [-0.1, -0.05) is 23.2 Å². The molecule has 0 spiro atoms. The molecule has 1 unspecified atom stereocenters. The van der Waals surface area contributed by atoms with Gasteiger partial charge in [-0.05, 0) is 31.0 Å². The van der Waals surface area contributed by atoms with Crippen molar-refractivity contribution in [3.05, 3.63) is 28.2 Å². The van der Waals surface area contributed by atoms with Gasteiger partial charge in [0, 0.05) is 29.2 Å². The van der Waals surface area contributed by atoms with Gasteiger partial charge in [0.2, 0.25) is 10.0 Å². The molecule has 0 aliphatic carbocycles. The standard InChI is InChI=1S/C11H14Cl2N2O2S/c12-8-4-9(13)6-11(5-8)18(16,17)15-3-1-2-10(14)7-15/h4-6,10H,1-3,7,14H2. The fraction of sp³-hybridized carbons (Fsp3) is 0.455. The topological polar surface area (TPSA) is 63.4 Å². The number of rotatable bonds is 2. The Morgan fingerprint density at radius 2 is 1.83 bits per heavy atom. The molecule has 1 saturated heterocycles. The molecule has 4 nitrogen and oxygen atoms in total. The molecule has 7 heteroatoms. The second kappa shape index (κ2) is 5.35. The van der Waals surface area contributed by atoms with Crippen LogP contribution in [0, 0.1) is 0 Å². The van der Waals surface area contributed by atoms with Crippen LogP contribution in [0.3, 0.4) is 0 Å². The zero-order valence-electron chi connectivity index (χ0n) is 9.64. The molecule has 0 amide bonds. The normalized spacial score (nSPS) is 22.1. The molecular weight excluding hydrogens is 295 g/mol. The quantitative estimate of drug-likeness (QED) is 0.910. The van der Waals surface area contributed by atoms with Crippen LogP contribution in [0.4, 0.5) is 0 Å². The molecule has 1 aromatic rings. The first-order valence-corrected chi connectivity index (χ1v) is 7.81. The number of hydrogen-bond acceptors (Lipinski definition) is 3. The van der Waals surface area contributed by atoms with Gasteiger partial charge < -0.3 is 5.73 Å². The summed E-state index contributed by atoms with van der Waals surface area (Å²) in [7, 11) is -3.56. The minimum Gasteiger partial charge on any atom is -0.327 e. The van der Waals surface area contributed by atoms with Crippen LogP contribution in [0.15, 0.2) is 23.1 Å². The Hall–Kier alpha value is -0.330. The maximum atomic E-state index is 12.4. The molecule has 1 atom stereocenters. The van der Waals surface area contributed by atoms with Gasteiger partial charge >= 0.3 is 0 Å². The maximum Gasteiger partial charge on any atom is 0.243 e. The molecule has 100 valence electrons. The van der Waals surface area contributed by atoms with E-state index in [1.807, 2.05) is 0 Å². The fourth-order valence-electron chi connectivity index (χ4n) is 2.02. The minimum atomic E-state index is -3.56. The summed E-state index contributed by atoms with van der Waals surface area (Å²) in [5.74, 6) is 0. The van der Waals surface area contributed by atoms with Gasteiger partial charge in [-0.2, -0.15) is 4.31 Å². The van der Waals surface area contributed by atoms with E-state index in [0.717, 1.165) is 12.8 Å². The Labute approximate surface area is 117 Å². The van der Waals surface area contributed by atoms with E-state index in [4.69, 9.17) is 28.9 Å². The lowest BCUT2D eigenvalue weighted by Gasteiger charge is -2.29. The summed E-state index contributed by atoms with van der Waals surface area (Å²) in [5, 5.41) is 0.616. The number of halogens is 2. The SMILES string of the molecule is NC1CCCN(S(=O)(=O)c2cc(Cl)cc(Cl)c2)C1. The molecule has 1 fully saturated rings. The number of nitrogens with two attached hydrogens (primary N) is 1. The molecule has 2 N–H and O–H groups in total. The highest BCUT2D eigenvalue weighted by Crippen LogP contribution is 2.26. The van der Waals surface area contributed by atoms with Gasteiger partial charge in [-0.15, -0.1) is 0 Å². The van der Waals surface area contributed by atoms with Crippen molar-refractivity contribution in [2.75, 3.05) is 13.1 Å². The third-order valence-corrected chi connectivity index (χ3v) is 5.17. The summed E-state index contributed by atoms with van der Waals surface area (Å²) in [6.45, 7) is 0.826. The van der Waals surface area contributed by atoms with E-state index in [1.165, 1.54) is 22.5 Å². The van der Waals surface area contributed by atoms with Crippen LogP contribution < -0.4 is 5.73 Å². The van der Waals surface area contributed by atoms with Crippen LogP contribution >= 0.6 is 23.2 Å². The van der Waals surface area contributed by atoms with Crippen molar-refractivity contribution in [2.45, 2.75) is 23.8 Å². The fourth-order valence-corrected chi connectivity index (χ4v) is 4.28. The molecule has 1 heterocycles. The molecule has 1 aliphatic rings. The van der Waals surface area contributed by atoms with Crippen molar-refractivity contribution in [1.82, 2.24) is 4.31 Å². The van der Waals surface area contributed by atoms with E-state index >= 15 is 0 Å². The highest BCUT2D eigenvalue weighted by Gasteiger charge is 2.29. The first-order chi connectivity index (χ1) is 8.39. The molecular formula is C11H14Cl2N2O2S. The van der Waals surface area contributed by atoms with E-state index in [2.05, 4.69) is 0 Å². The summed E-state index contributed by atoms with van der Waals surface area (Å²) >= 11 is 11.7. The maximum absolute atomic E-state index is 12.4. The van der Waals surface area contributed by atoms with Gasteiger partial charge in [-0.25, -0.2) is 8.42 Å². The van der Waals surface area contributed by atoms with Crippen molar-refractivity contribution in [1.29, 1.82) is 0 Å². The van der Waals surface area contributed by atoms with Crippen LogP contribution in [0.5, 0.6) is 0 Å².